The van der Waals surface area contributed by atoms with E-state index in [2.05, 4.69) is 0 Å². The van der Waals surface area contributed by atoms with Crippen LogP contribution in [0.2, 0.25) is 0 Å². The highest BCUT2D eigenvalue weighted by Crippen LogP contribution is 2.44. The maximum absolute atomic E-state index is 14.7. The van der Waals surface area contributed by atoms with Crippen molar-refractivity contribution < 1.29 is 38.4 Å². The van der Waals surface area contributed by atoms with E-state index >= 15 is 0 Å². The van der Waals surface area contributed by atoms with E-state index < -0.39 is 71.4 Å². The summed E-state index contributed by atoms with van der Waals surface area (Å²) >= 11 is 0. The van der Waals surface area contributed by atoms with Crippen molar-refractivity contribution >= 4 is 68.8 Å². The third-order valence-corrected chi connectivity index (χ3v) is 14.5. The topological polar surface area (TPSA) is 202 Å². The summed E-state index contributed by atoms with van der Waals surface area (Å²) in [6, 6.07) is 8.84. The molecular formula is C46H42N6O8. The molecule has 60 heavy (non-hydrogen) atoms. The van der Waals surface area contributed by atoms with Gasteiger partial charge in [0, 0.05) is 78.1 Å². The standard InChI is InChI=1S/C46H42N6O8/c47-29-7-1-3-9-31(29)49-39(53)21-13-17-25-37-26(18-14-22(35(21)37)40(49)54)44(58)51(43(25)57)33-11-5-6-12-34(33)52-45(59)27-19-15-23-36-24(16-20-28(38(27)36)46(52)60)42(56)50(41(23)55)32-10-4-2-8-30(32)48/h13-20,29-34H,1-12,47-48H2/t29-,30-,31-,32-,33-,34-/m0/s1. The zero-order chi connectivity index (χ0) is 41.5. The van der Waals surface area contributed by atoms with Crippen molar-refractivity contribution in [1.29, 1.82) is 0 Å². The van der Waals surface area contributed by atoms with Gasteiger partial charge in [-0.25, -0.2) is 0 Å². The van der Waals surface area contributed by atoms with Gasteiger partial charge in [-0.3, -0.25) is 58.0 Å². The molecule has 0 spiro atoms. The molecule has 4 heterocycles. The average molecular weight is 807 g/mol. The zero-order valence-electron chi connectivity index (χ0n) is 32.8. The Morgan fingerprint density at radius 3 is 0.700 bits per heavy atom. The van der Waals surface area contributed by atoms with Crippen LogP contribution in [0.4, 0.5) is 0 Å². The van der Waals surface area contributed by atoms with Crippen LogP contribution in [0.15, 0.2) is 48.5 Å². The largest absolute Gasteiger partial charge is 0.326 e. The molecule has 8 amide bonds. The van der Waals surface area contributed by atoms with Gasteiger partial charge in [0.25, 0.3) is 47.3 Å². The Labute approximate surface area is 343 Å². The summed E-state index contributed by atoms with van der Waals surface area (Å²) in [5, 5.41) is 1.01. The van der Waals surface area contributed by atoms with Gasteiger partial charge in [0.15, 0.2) is 0 Å². The molecule has 3 aliphatic carbocycles. The normalized spacial score (nSPS) is 27.8. The fraction of sp³-hybridized carbons (Fsp3) is 0.391. The smallest absolute Gasteiger partial charge is 0.261 e. The monoisotopic (exact) mass is 806 g/mol. The Morgan fingerprint density at radius 2 is 0.483 bits per heavy atom. The van der Waals surface area contributed by atoms with Crippen LogP contribution < -0.4 is 11.5 Å². The number of hydrogen-bond donors (Lipinski definition) is 2. The number of amides is 8. The number of nitrogens with two attached hydrogens (primary N) is 2. The minimum atomic E-state index is -0.889. The Kier molecular flexibility index (Phi) is 8.12. The second-order valence-corrected chi connectivity index (χ2v) is 17.5. The molecule has 3 fully saturated rings. The van der Waals surface area contributed by atoms with Crippen molar-refractivity contribution in [3.63, 3.8) is 0 Å². The van der Waals surface area contributed by atoms with Crippen LogP contribution in [0.1, 0.15) is 160 Å². The molecule has 6 atom stereocenters. The highest BCUT2D eigenvalue weighted by atomic mass is 16.2. The average Bonchev–Trinajstić information content (AvgIpc) is 3.25. The molecule has 11 rings (SSSR count). The molecule has 0 aromatic heterocycles. The molecule has 0 radical (unpaired) electrons. The zero-order valence-corrected chi connectivity index (χ0v) is 32.8. The van der Waals surface area contributed by atoms with E-state index in [9.17, 15) is 38.4 Å². The van der Waals surface area contributed by atoms with Crippen molar-refractivity contribution in [2.24, 2.45) is 11.5 Å². The maximum atomic E-state index is 14.7. The Bertz CT molecular complexity index is 2420. The number of carbonyl (C=O) groups is 8. The quantitative estimate of drug-likeness (QED) is 0.267. The number of benzene rings is 4. The van der Waals surface area contributed by atoms with Crippen LogP contribution in [0.25, 0.3) is 21.5 Å². The SMILES string of the molecule is N[C@H]1CCCC[C@@H]1N1C(=O)c2ccc3c4c(ccc(c24)C1=O)C(=O)N([C@H]1CCCC[C@@H]1N1C(=O)c2ccc4c5c(ccc(c25)C1=O)C(=O)N([C@H]1CCCC[C@@H]1N)C4=O)C3=O. The van der Waals surface area contributed by atoms with Crippen molar-refractivity contribution in [3.05, 3.63) is 93.0 Å². The third-order valence-electron chi connectivity index (χ3n) is 14.5. The van der Waals surface area contributed by atoms with E-state index in [1.807, 2.05) is 0 Å². The molecule has 4 aromatic rings. The Balaban J connectivity index is 0.949. The van der Waals surface area contributed by atoms with Crippen molar-refractivity contribution in [2.45, 2.75) is 113 Å². The molecule has 304 valence electrons. The van der Waals surface area contributed by atoms with E-state index in [1.54, 1.807) is 0 Å². The lowest BCUT2D eigenvalue weighted by atomic mass is 9.80. The van der Waals surface area contributed by atoms with Crippen LogP contribution in [-0.4, -0.2) is 103 Å². The summed E-state index contributed by atoms with van der Waals surface area (Å²) in [5.41, 5.74) is 14.4. The molecule has 14 heteroatoms. The number of rotatable bonds is 4. The number of nitrogens with zero attached hydrogens (tertiary/aromatic N) is 4. The molecule has 0 bridgehead atoms. The third kappa shape index (κ3) is 4.82. The molecule has 0 saturated heterocycles. The second-order valence-electron chi connectivity index (χ2n) is 17.5. The van der Waals surface area contributed by atoms with Crippen LogP contribution in [0, 0.1) is 0 Å². The Hall–Kier alpha value is -6.12. The van der Waals surface area contributed by atoms with E-state index in [0.717, 1.165) is 35.5 Å². The van der Waals surface area contributed by atoms with Gasteiger partial charge in [-0.2, -0.15) is 0 Å². The van der Waals surface area contributed by atoms with E-state index in [0.29, 0.717) is 51.4 Å². The predicted octanol–water partition coefficient (Wildman–Crippen LogP) is 4.93. The molecule has 3 saturated carbocycles. The molecule has 4 aromatic carbocycles. The van der Waals surface area contributed by atoms with Gasteiger partial charge in [0.2, 0.25) is 0 Å². The first-order valence-electron chi connectivity index (χ1n) is 21.2. The number of carbonyl (C=O) groups excluding carboxylic acids is 8. The lowest BCUT2D eigenvalue weighted by molar-refractivity contribution is 0.0241. The predicted molar refractivity (Wildman–Crippen MR) is 216 cm³/mol. The molecular weight excluding hydrogens is 765 g/mol. The summed E-state index contributed by atoms with van der Waals surface area (Å²) in [4.78, 5) is 120. The molecule has 4 aliphatic heterocycles. The van der Waals surface area contributed by atoms with Gasteiger partial charge in [-0.05, 0) is 87.1 Å². The highest BCUT2D eigenvalue weighted by Gasteiger charge is 2.51. The molecule has 7 aliphatic rings. The summed E-state index contributed by atoms with van der Waals surface area (Å²) in [6.07, 6.45) is 7.99. The van der Waals surface area contributed by atoms with Crippen LogP contribution >= 0.6 is 0 Å². The summed E-state index contributed by atoms with van der Waals surface area (Å²) in [7, 11) is 0. The van der Waals surface area contributed by atoms with Gasteiger partial charge < -0.3 is 11.5 Å². The number of hydrogen-bond acceptors (Lipinski definition) is 10. The molecule has 0 unspecified atom stereocenters. The fourth-order valence-corrected chi connectivity index (χ4v) is 11.6. The lowest BCUT2D eigenvalue weighted by Gasteiger charge is -2.45. The molecule has 14 nitrogen and oxygen atoms in total. The first-order valence-corrected chi connectivity index (χ1v) is 21.2. The van der Waals surface area contributed by atoms with Gasteiger partial charge in [0.1, 0.15) is 0 Å². The number of imide groups is 4. The Morgan fingerprint density at radius 1 is 0.300 bits per heavy atom. The van der Waals surface area contributed by atoms with E-state index in [1.165, 1.54) is 58.3 Å². The second kappa shape index (κ2) is 13.2. The first-order chi connectivity index (χ1) is 29.0. The van der Waals surface area contributed by atoms with Crippen LogP contribution in [0.5, 0.6) is 0 Å². The van der Waals surface area contributed by atoms with E-state index in [-0.39, 0.29) is 78.1 Å². The molecule has 4 N–H and O–H groups in total. The maximum Gasteiger partial charge on any atom is 0.261 e. The first kappa shape index (κ1) is 36.9. The van der Waals surface area contributed by atoms with Crippen molar-refractivity contribution in [3.8, 4) is 0 Å². The van der Waals surface area contributed by atoms with Gasteiger partial charge in [-0.1, -0.05) is 38.5 Å². The van der Waals surface area contributed by atoms with Crippen LogP contribution in [-0.2, 0) is 0 Å². The lowest BCUT2D eigenvalue weighted by Crippen LogP contribution is -2.61. The van der Waals surface area contributed by atoms with E-state index in [4.69, 9.17) is 11.5 Å². The van der Waals surface area contributed by atoms with Crippen molar-refractivity contribution in [2.75, 3.05) is 0 Å². The summed E-state index contributed by atoms with van der Waals surface area (Å²) in [6.45, 7) is 0. The summed E-state index contributed by atoms with van der Waals surface area (Å²) in [5.74, 6) is -4.57. The fourth-order valence-electron chi connectivity index (χ4n) is 11.6. The van der Waals surface area contributed by atoms with Gasteiger partial charge >= 0.3 is 0 Å². The van der Waals surface area contributed by atoms with Gasteiger partial charge in [-0.15, -0.1) is 0 Å². The van der Waals surface area contributed by atoms with Gasteiger partial charge in [0.05, 0.1) is 24.2 Å². The van der Waals surface area contributed by atoms with Crippen LogP contribution in [0.3, 0.4) is 0 Å². The minimum absolute atomic E-state index is 0.149. The summed E-state index contributed by atoms with van der Waals surface area (Å²) < 4.78 is 0. The highest BCUT2D eigenvalue weighted by molar-refractivity contribution is 6.35. The van der Waals surface area contributed by atoms with Crippen molar-refractivity contribution in [1.82, 2.24) is 19.6 Å². The minimum Gasteiger partial charge on any atom is -0.326 e.